The van der Waals surface area contributed by atoms with Crippen molar-refractivity contribution in [2.24, 2.45) is 0 Å². The number of hydrogen-bond donors (Lipinski definition) is 0. The van der Waals surface area contributed by atoms with Crippen LogP contribution in [0, 0.1) is 5.82 Å². The number of halogens is 1. The van der Waals surface area contributed by atoms with Gasteiger partial charge in [-0.25, -0.2) is 4.39 Å². The number of pyridine rings is 2. The van der Waals surface area contributed by atoms with Gasteiger partial charge in [-0.1, -0.05) is 20.8 Å². The van der Waals surface area contributed by atoms with Gasteiger partial charge in [0.2, 0.25) is 0 Å². The summed E-state index contributed by atoms with van der Waals surface area (Å²) in [7, 11) is -1.78. The number of hydrogen-bond acceptors (Lipinski definition) is 3. The molecular weight excluding hydrogens is 311 g/mol. The zero-order valence-electron chi connectivity index (χ0n) is 14.5. The molecule has 0 N–H and O–H groups in total. The van der Waals surface area contributed by atoms with E-state index in [2.05, 4.69) is 38.8 Å². The van der Waals surface area contributed by atoms with E-state index >= 15 is 0 Å². The molecule has 0 aliphatic rings. The summed E-state index contributed by atoms with van der Waals surface area (Å²) >= 11 is 0. The number of rotatable bonds is 5. The maximum Gasteiger partial charge on any atom is 0.251 e. The van der Waals surface area contributed by atoms with Gasteiger partial charge in [0.1, 0.15) is 5.82 Å². The van der Waals surface area contributed by atoms with Crippen LogP contribution >= 0.6 is 0 Å². The van der Waals surface area contributed by atoms with Gasteiger partial charge in [0, 0.05) is 25.3 Å². The molecule has 0 aliphatic heterocycles. The maximum atomic E-state index is 13.4. The molecule has 126 valence electrons. The Bertz CT molecular complexity index is 750. The van der Waals surface area contributed by atoms with Crippen LogP contribution < -0.4 is 5.56 Å². The predicted octanol–water partition coefficient (Wildman–Crippen LogP) is 3.95. The van der Waals surface area contributed by atoms with Crippen LogP contribution in [0.15, 0.2) is 29.2 Å². The lowest BCUT2D eigenvalue weighted by molar-refractivity contribution is 0.275. The fraction of sp³-hybridized carbons (Fsp3) is 0.529. The molecule has 2 rings (SSSR count). The van der Waals surface area contributed by atoms with E-state index in [-0.39, 0.29) is 10.6 Å². The molecule has 0 unspecified atom stereocenters. The van der Waals surface area contributed by atoms with E-state index in [0.717, 1.165) is 6.20 Å². The Morgan fingerprint density at radius 3 is 2.65 bits per heavy atom. The summed E-state index contributed by atoms with van der Waals surface area (Å²) in [6.45, 7) is 12.1. The van der Waals surface area contributed by atoms with E-state index in [1.165, 1.54) is 12.1 Å². The van der Waals surface area contributed by atoms with Crippen molar-refractivity contribution in [3.8, 4) is 0 Å². The molecule has 2 heterocycles. The molecule has 0 bridgehead atoms. The Kier molecular flexibility index (Phi) is 5.06. The van der Waals surface area contributed by atoms with Crippen LogP contribution in [0.3, 0.4) is 0 Å². The van der Waals surface area contributed by atoms with E-state index in [9.17, 15) is 9.18 Å². The first-order chi connectivity index (χ1) is 10.6. The summed E-state index contributed by atoms with van der Waals surface area (Å²) in [5.41, 5.74) is 1.01. The summed E-state index contributed by atoms with van der Waals surface area (Å²) in [5.74, 6) is -0.436. The molecule has 0 atom stereocenters. The molecule has 0 aromatic carbocycles. The SMILES string of the molecule is CC(C)(C)[Si](C)(C)OCCCn1c(=O)ccc2ncc(F)cc21. The van der Waals surface area contributed by atoms with Gasteiger partial charge in [-0.05, 0) is 30.6 Å². The fourth-order valence-corrected chi connectivity index (χ4v) is 3.23. The summed E-state index contributed by atoms with van der Waals surface area (Å²) in [6, 6.07) is 4.46. The van der Waals surface area contributed by atoms with Crippen LogP contribution in [-0.2, 0) is 11.0 Å². The Balaban J connectivity index is 2.10. The molecule has 4 nitrogen and oxygen atoms in total. The van der Waals surface area contributed by atoms with Crippen LogP contribution in [0.1, 0.15) is 27.2 Å². The van der Waals surface area contributed by atoms with E-state index in [1.54, 1.807) is 10.6 Å². The summed E-state index contributed by atoms with van der Waals surface area (Å²) in [6.07, 6.45) is 1.87. The minimum absolute atomic E-state index is 0.141. The molecule has 6 heteroatoms. The standard InChI is InChI=1S/C17H25FN2O2Si/c1-17(2,3)23(4,5)22-10-6-9-20-15-11-13(18)12-19-14(15)7-8-16(20)21/h7-8,11-12H,6,9-10H2,1-5H3. The number of aromatic nitrogens is 2. The highest BCUT2D eigenvalue weighted by Crippen LogP contribution is 2.36. The summed E-state index contributed by atoms with van der Waals surface area (Å²) in [4.78, 5) is 16.1. The first kappa shape index (κ1) is 17.8. The molecule has 0 saturated carbocycles. The lowest BCUT2D eigenvalue weighted by atomic mass is 10.2. The first-order valence-electron chi connectivity index (χ1n) is 7.91. The maximum absolute atomic E-state index is 13.4. The van der Waals surface area contributed by atoms with Crippen LogP contribution in [-0.4, -0.2) is 24.5 Å². The van der Waals surface area contributed by atoms with Crippen LogP contribution in [0.2, 0.25) is 18.1 Å². The van der Waals surface area contributed by atoms with E-state index in [0.29, 0.717) is 30.6 Å². The van der Waals surface area contributed by atoms with Gasteiger partial charge >= 0.3 is 0 Å². The number of aryl methyl sites for hydroxylation is 1. The van der Waals surface area contributed by atoms with E-state index < -0.39 is 14.1 Å². The normalized spacial score (nSPS) is 12.8. The van der Waals surface area contributed by atoms with Gasteiger partial charge in [-0.3, -0.25) is 9.78 Å². The molecule has 0 radical (unpaired) electrons. The molecular formula is C17H25FN2O2Si. The van der Waals surface area contributed by atoms with Crippen molar-refractivity contribution in [3.05, 3.63) is 40.6 Å². The highest BCUT2D eigenvalue weighted by atomic mass is 28.4. The van der Waals surface area contributed by atoms with Crippen LogP contribution in [0.4, 0.5) is 4.39 Å². The quantitative estimate of drug-likeness (QED) is 0.613. The second-order valence-electron chi connectivity index (χ2n) is 7.34. The zero-order valence-corrected chi connectivity index (χ0v) is 15.5. The highest BCUT2D eigenvalue weighted by Gasteiger charge is 2.36. The van der Waals surface area contributed by atoms with Gasteiger partial charge < -0.3 is 8.99 Å². The van der Waals surface area contributed by atoms with Crippen molar-refractivity contribution in [3.63, 3.8) is 0 Å². The third kappa shape index (κ3) is 4.06. The van der Waals surface area contributed by atoms with Gasteiger partial charge in [-0.2, -0.15) is 0 Å². The van der Waals surface area contributed by atoms with Gasteiger partial charge in [0.25, 0.3) is 5.56 Å². The Morgan fingerprint density at radius 1 is 1.30 bits per heavy atom. The number of fused-ring (bicyclic) bond motifs is 1. The van der Waals surface area contributed by atoms with Crippen molar-refractivity contribution in [1.82, 2.24) is 9.55 Å². The minimum atomic E-state index is -1.78. The van der Waals surface area contributed by atoms with Crippen molar-refractivity contribution in [1.29, 1.82) is 0 Å². The number of nitrogens with zero attached hydrogens (tertiary/aromatic N) is 2. The van der Waals surface area contributed by atoms with E-state index in [1.807, 2.05) is 0 Å². The molecule has 0 saturated heterocycles. The van der Waals surface area contributed by atoms with Gasteiger partial charge in [0.15, 0.2) is 8.32 Å². The lowest BCUT2D eigenvalue weighted by Crippen LogP contribution is -2.41. The lowest BCUT2D eigenvalue weighted by Gasteiger charge is -2.36. The summed E-state index contributed by atoms with van der Waals surface area (Å²) < 4.78 is 21.1. The molecule has 23 heavy (non-hydrogen) atoms. The van der Waals surface area contributed by atoms with Crippen molar-refractivity contribution >= 4 is 19.4 Å². The van der Waals surface area contributed by atoms with Gasteiger partial charge in [-0.15, -0.1) is 0 Å². The largest absolute Gasteiger partial charge is 0.417 e. The Morgan fingerprint density at radius 2 is 2.00 bits per heavy atom. The average Bonchev–Trinajstić information content (AvgIpc) is 2.44. The molecule has 0 spiro atoms. The minimum Gasteiger partial charge on any atom is -0.417 e. The zero-order chi connectivity index (χ0) is 17.3. The van der Waals surface area contributed by atoms with Crippen molar-refractivity contribution in [2.45, 2.75) is 51.9 Å². The molecule has 0 aliphatic carbocycles. The molecule has 0 amide bonds. The predicted molar refractivity (Wildman–Crippen MR) is 93.7 cm³/mol. The van der Waals surface area contributed by atoms with Crippen molar-refractivity contribution < 1.29 is 8.82 Å². The van der Waals surface area contributed by atoms with Crippen LogP contribution in [0.5, 0.6) is 0 Å². The second kappa shape index (κ2) is 6.53. The molecule has 2 aromatic heterocycles. The first-order valence-corrected chi connectivity index (χ1v) is 10.8. The average molecular weight is 336 g/mol. The van der Waals surface area contributed by atoms with Crippen molar-refractivity contribution in [2.75, 3.05) is 6.61 Å². The Hall–Kier alpha value is -1.53. The third-order valence-corrected chi connectivity index (χ3v) is 9.14. The fourth-order valence-electron chi connectivity index (χ4n) is 2.14. The topological polar surface area (TPSA) is 44.1 Å². The monoisotopic (exact) mass is 336 g/mol. The molecule has 2 aromatic rings. The second-order valence-corrected chi connectivity index (χ2v) is 12.2. The Labute approximate surface area is 137 Å². The summed E-state index contributed by atoms with van der Waals surface area (Å²) in [5, 5.41) is 0.163. The molecule has 0 fully saturated rings. The van der Waals surface area contributed by atoms with Crippen LogP contribution in [0.25, 0.3) is 11.0 Å². The highest BCUT2D eigenvalue weighted by molar-refractivity contribution is 6.74. The third-order valence-electron chi connectivity index (χ3n) is 4.60. The van der Waals surface area contributed by atoms with Gasteiger partial charge in [0.05, 0.1) is 17.2 Å². The smallest absolute Gasteiger partial charge is 0.251 e. The van der Waals surface area contributed by atoms with E-state index in [4.69, 9.17) is 4.43 Å².